The fraction of sp³-hybridized carbons (Fsp3) is 0.533. The first-order valence-electron chi connectivity index (χ1n) is 6.72. The number of benzene rings is 1. The highest BCUT2D eigenvalue weighted by molar-refractivity contribution is 6.31. The molecule has 0 aliphatic carbocycles. The van der Waals surface area contributed by atoms with Gasteiger partial charge in [0.2, 0.25) is 0 Å². The van der Waals surface area contributed by atoms with Crippen molar-refractivity contribution in [2.75, 3.05) is 18.5 Å². The van der Waals surface area contributed by atoms with Gasteiger partial charge in [-0.3, -0.25) is 5.32 Å². The highest BCUT2D eigenvalue weighted by atomic mass is 35.5. The van der Waals surface area contributed by atoms with Crippen LogP contribution in [-0.2, 0) is 10.2 Å². The Morgan fingerprint density at radius 1 is 1.38 bits per heavy atom. The van der Waals surface area contributed by atoms with Crippen LogP contribution in [-0.4, -0.2) is 30.0 Å². The number of ether oxygens (including phenoxy) is 1. The van der Waals surface area contributed by atoms with Crippen molar-refractivity contribution in [2.45, 2.75) is 38.7 Å². The summed E-state index contributed by atoms with van der Waals surface area (Å²) in [5, 5.41) is 12.5. The molecule has 1 amide bonds. The standard InChI is InChI=1S/C15H23ClN2O3/c1-14(2,3)21-13(20)18-10-5-6-11(12(16)7-10)15(4,8-17)9-19/h5-7,19H,8-9,17H2,1-4H3,(H,18,20). The minimum atomic E-state index is -0.610. The molecule has 21 heavy (non-hydrogen) atoms. The van der Waals surface area contributed by atoms with Gasteiger partial charge in [-0.15, -0.1) is 0 Å². The number of rotatable bonds is 4. The van der Waals surface area contributed by atoms with Crippen molar-refractivity contribution in [1.82, 2.24) is 0 Å². The van der Waals surface area contributed by atoms with Crippen LogP contribution in [0.15, 0.2) is 18.2 Å². The molecule has 1 aromatic carbocycles. The van der Waals surface area contributed by atoms with E-state index in [1.165, 1.54) is 0 Å². The third-order valence-corrected chi connectivity index (χ3v) is 3.38. The van der Waals surface area contributed by atoms with Crippen LogP contribution < -0.4 is 11.1 Å². The number of hydrogen-bond acceptors (Lipinski definition) is 4. The molecule has 1 unspecified atom stereocenters. The maximum atomic E-state index is 11.7. The summed E-state index contributed by atoms with van der Waals surface area (Å²) in [4.78, 5) is 11.7. The van der Waals surface area contributed by atoms with E-state index in [-0.39, 0.29) is 13.2 Å². The number of hydrogen-bond donors (Lipinski definition) is 3. The van der Waals surface area contributed by atoms with E-state index in [1.54, 1.807) is 39.0 Å². The van der Waals surface area contributed by atoms with Gasteiger partial charge in [-0.1, -0.05) is 24.6 Å². The molecule has 0 heterocycles. The van der Waals surface area contributed by atoms with Gasteiger partial charge in [0.15, 0.2) is 0 Å². The first kappa shape index (κ1) is 17.8. The van der Waals surface area contributed by atoms with Crippen molar-refractivity contribution in [3.8, 4) is 0 Å². The lowest BCUT2D eigenvalue weighted by atomic mass is 9.83. The molecule has 0 fully saturated rings. The fourth-order valence-corrected chi connectivity index (χ4v) is 2.17. The lowest BCUT2D eigenvalue weighted by Gasteiger charge is -2.27. The van der Waals surface area contributed by atoms with Crippen molar-refractivity contribution in [3.63, 3.8) is 0 Å². The number of nitrogens with one attached hydrogen (secondary N) is 1. The maximum Gasteiger partial charge on any atom is 0.412 e. The zero-order valence-electron chi connectivity index (χ0n) is 12.9. The molecule has 0 radical (unpaired) electrons. The second kappa shape index (κ2) is 6.64. The zero-order chi connectivity index (χ0) is 16.3. The third-order valence-electron chi connectivity index (χ3n) is 3.06. The monoisotopic (exact) mass is 314 g/mol. The average molecular weight is 315 g/mol. The van der Waals surface area contributed by atoms with Crippen LogP contribution in [0, 0.1) is 0 Å². The first-order valence-corrected chi connectivity index (χ1v) is 7.10. The molecule has 0 aliphatic heterocycles. The van der Waals surface area contributed by atoms with Gasteiger partial charge in [0.1, 0.15) is 5.60 Å². The van der Waals surface area contributed by atoms with Gasteiger partial charge in [0.05, 0.1) is 6.61 Å². The van der Waals surface area contributed by atoms with E-state index in [0.717, 1.165) is 5.56 Å². The van der Waals surface area contributed by atoms with E-state index < -0.39 is 17.1 Å². The quantitative estimate of drug-likeness (QED) is 0.797. The predicted octanol–water partition coefficient (Wildman–Crippen LogP) is 2.90. The largest absolute Gasteiger partial charge is 0.444 e. The van der Waals surface area contributed by atoms with E-state index in [2.05, 4.69) is 5.32 Å². The highest BCUT2D eigenvalue weighted by Crippen LogP contribution is 2.31. The van der Waals surface area contributed by atoms with Crippen molar-refractivity contribution >= 4 is 23.4 Å². The SMILES string of the molecule is CC(C)(C)OC(=O)Nc1ccc(C(C)(CN)CO)c(Cl)c1. The van der Waals surface area contributed by atoms with Crippen LogP contribution in [0.5, 0.6) is 0 Å². The number of halogens is 1. The number of nitrogens with two attached hydrogens (primary N) is 1. The Balaban J connectivity index is 2.91. The van der Waals surface area contributed by atoms with Gasteiger partial charge < -0.3 is 15.6 Å². The van der Waals surface area contributed by atoms with Crippen LogP contribution in [0.2, 0.25) is 5.02 Å². The summed E-state index contributed by atoms with van der Waals surface area (Å²) in [5.41, 5.74) is 5.79. The Morgan fingerprint density at radius 2 is 2.00 bits per heavy atom. The van der Waals surface area contributed by atoms with E-state index >= 15 is 0 Å². The van der Waals surface area contributed by atoms with Crippen LogP contribution >= 0.6 is 11.6 Å². The molecule has 5 nitrogen and oxygen atoms in total. The van der Waals surface area contributed by atoms with Crippen LogP contribution in [0.1, 0.15) is 33.3 Å². The average Bonchev–Trinajstić information content (AvgIpc) is 2.35. The van der Waals surface area contributed by atoms with Crippen molar-refractivity contribution in [1.29, 1.82) is 0 Å². The molecule has 118 valence electrons. The summed E-state index contributed by atoms with van der Waals surface area (Å²) in [5.74, 6) is 0. The minimum absolute atomic E-state index is 0.109. The van der Waals surface area contributed by atoms with E-state index in [1.807, 2.05) is 6.92 Å². The lowest BCUT2D eigenvalue weighted by molar-refractivity contribution is 0.0636. The lowest BCUT2D eigenvalue weighted by Crippen LogP contribution is -2.35. The fourth-order valence-electron chi connectivity index (χ4n) is 1.76. The molecule has 1 atom stereocenters. The zero-order valence-corrected chi connectivity index (χ0v) is 13.6. The third kappa shape index (κ3) is 4.88. The Bertz CT molecular complexity index is 508. The Labute approximate surface area is 130 Å². The summed E-state index contributed by atoms with van der Waals surface area (Å²) in [6, 6.07) is 5.07. The molecule has 1 aromatic rings. The topological polar surface area (TPSA) is 84.6 Å². The van der Waals surface area contributed by atoms with E-state index in [9.17, 15) is 9.90 Å². The Morgan fingerprint density at radius 3 is 2.43 bits per heavy atom. The van der Waals surface area contributed by atoms with Crippen LogP contribution in [0.4, 0.5) is 10.5 Å². The molecular formula is C15H23ClN2O3. The van der Waals surface area contributed by atoms with Gasteiger partial charge in [-0.2, -0.15) is 0 Å². The van der Waals surface area contributed by atoms with Crippen LogP contribution in [0.25, 0.3) is 0 Å². The summed E-state index contributed by atoms with van der Waals surface area (Å²) in [6.07, 6.45) is -0.546. The van der Waals surface area contributed by atoms with E-state index in [0.29, 0.717) is 10.7 Å². The number of amides is 1. The van der Waals surface area contributed by atoms with Crippen molar-refractivity contribution < 1.29 is 14.6 Å². The van der Waals surface area contributed by atoms with Crippen LogP contribution in [0.3, 0.4) is 0 Å². The highest BCUT2D eigenvalue weighted by Gasteiger charge is 2.27. The molecule has 0 spiro atoms. The molecule has 1 rings (SSSR count). The summed E-state index contributed by atoms with van der Waals surface area (Å²) < 4.78 is 5.17. The van der Waals surface area contributed by atoms with Gasteiger partial charge >= 0.3 is 6.09 Å². The molecule has 0 saturated carbocycles. The number of aliphatic hydroxyl groups is 1. The van der Waals surface area contributed by atoms with Crippen molar-refractivity contribution in [3.05, 3.63) is 28.8 Å². The summed E-state index contributed by atoms with van der Waals surface area (Å²) in [6.45, 7) is 7.35. The van der Waals surface area contributed by atoms with Gasteiger partial charge in [-0.05, 0) is 38.5 Å². The second-order valence-corrected chi connectivity index (χ2v) is 6.65. The number of anilines is 1. The summed E-state index contributed by atoms with van der Waals surface area (Å²) in [7, 11) is 0. The number of carbonyl (C=O) groups is 1. The normalized spacial score (nSPS) is 14.4. The van der Waals surface area contributed by atoms with Gasteiger partial charge in [0.25, 0.3) is 0 Å². The molecular weight excluding hydrogens is 292 g/mol. The van der Waals surface area contributed by atoms with Gasteiger partial charge in [-0.25, -0.2) is 4.79 Å². The smallest absolute Gasteiger partial charge is 0.412 e. The number of carbonyl (C=O) groups excluding carboxylic acids is 1. The molecule has 0 aliphatic rings. The Kier molecular flexibility index (Phi) is 5.61. The second-order valence-electron chi connectivity index (χ2n) is 6.24. The molecule has 6 heteroatoms. The molecule has 4 N–H and O–H groups in total. The number of aliphatic hydroxyl groups excluding tert-OH is 1. The van der Waals surface area contributed by atoms with E-state index in [4.69, 9.17) is 22.1 Å². The molecule has 0 saturated heterocycles. The molecule has 0 aromatic heterocycles. The predicted molar refractivity (Wildman–Crippen MR) is 84.8 cm³/mol. The summed E-state index contributed by atoms with van der Waals surface area (Å²) >= 11 is 6.23. The maximum absolute atomic E-state index is 11.7. The minimum Gasteiger partial charge on any atom is -0.444 e. The Hall–Kier alpha value is -1.30. The van der Waals surface area contributed by atoms with Crippen molar-refractivity contribution in [2.24, 2.45) is 5.73 Å². The first-order chi connectivity index (χ1) is 9.61. The van der Waals surface area contributed by atoms with Gasteiger partial charge in [0, 0.05) is 22.7 Å². The molecule has 0 bridgehead atoms.